The molecule has 88 valence electrons. The number of benzene rings is 1. The van der Waals surface area contributed by atoms with E-state index in [1.807, 2.05) is 12.4 Å². The zero-order valence-corrected chi connectivity index (χ0v) is 10.4. The average molecular weight is 226 g/mol. The van der Waals surface area contributed by atoms with Crippen LogP contribution in [-0.2, 0) is 0 Å². The molecule has 0 radical (unpaired) electrons. The van der Waals surface area contributed by atoms with E-state index in [0.717, 1.165) is 13.0 Å². The molecule has 2 rings (SSSR count). The third-order valence-corrected chi connectivity index (χ3v) is 2.68. The van der Waals surface area contributed by atoms with E-state index in [1.54, 1.807) is 0 Å². The summed E-state index contributed by atoms with van der Waals surface area (Å²) < 4.78 is 0. The van der Waals surface area contributed by atoms with Gasteiger partial charge in [-0.05, 0) is 31.0 Å². The minimum Gasteiger partial charge on any atom is -0.385 e. The zero-order chi connectivity index (χ0) is 12.1. The van der Waals surface area contributed by atoms with Gasteiger partial charge in [0.1, 0.15) is 0 Å². The lowest BCUT2D eigenvalue weighted by atomic mass is 10.0. The topological polar surface area (TPSA) is 24.9 Å². The maximum atomic E-state index is 4.25. The molecule has 2 heteroatoms. The molecule has 0 saturated carbocycles. The highest BCUT2D eigenvalue weighted by atomic mass is 14.9. The molecule has 0 amide bonds. The summed E-state index contributed by atoms with van der Waals surface area (Å²) in [5, 5.41) is 3.45. The Morgan fingerprint density at radius 2 is 2.00 bits per heavy atom. The summed E-state index contributed by atoms with van der Waals surface area (Å²) in [5.41, 5.74) is 4.76. The van der Waals surface area contributed by atoms with Crippen LogP contribution in [0, 0.1) is 6.92 Å². The number of hydrogen-bond acceptors (Lipinski definition) is 2. The fourth-order valence-corrected chi connectivity index (χ4v) is 1.85. The van der Waals surface area contributed by atoms with Crippen molar-refractivity contribution in [1.82, 2.24) is 4.98 Å². The molecule has 0 aliphatic rings. The molecule has 2 nitrogen and oxygen atoms in total. The number of hydrogen-bond donors (Lipinski definition) is 1. The van der Waals surface area contributed by atoms with Crippen molar-refractivity contribution in [3.63, 3.8) is 0 Å². The summed E-state index contributed by atoms with van der Waals surface area (Å²) in [4.78, 5) is 4.25. The van der Waals surface area contributed by atoms with Crippen molar-refractivity contribution >= 4 is 5.69 Å². The SMILES string of the molecule is CCCNc1ccccc1-c1cncc(C)c1. The molecule has 0 bridgehead atoms. The normalized spacial score (nSPS) is 10.2. The summed E-state index contributed by atoms with van der Waals surface area (Å²) in [6.45, 7) is 5.23. The number of pyridine rings is 1. The van der Waals surface area contributed by atoms with Gasteiger partial charge in [-0.1, -0.05) is 25.1 Å². The highest BCUT2D eigenvalue weighted by Crippen LogP contribution is 2.27. The fraction of sp³-hybridized carbons (Fsp3) is 0.267. The largest absolute Gasteiger partial charge is 0.385 e. The maximum absolute atomic E-state index is 4.25. The zero-order valence-electron chi connectivity index (χ0n) is 10.4. The van der Waals surface area contributed by atoms with Gasteiger partial charge in [-0.2, -0.15) is 0 Å². The quantitative estimate of drug-likeness (QED) is 0.855. The Morgan fingerprint density at radius 1 is 1.18 bits per heavy atom. The van der Waals surface area contributed by atoms with Gasteiger partial charge < -0.3 is 5.32 Å². The van der Waals surface area contributed by atoms with Crippen molar-refractivity contribution in [3.8, 4) is 11.1 Å². The van der Waals surface area contributed by atoms with Crippen LogP contribution in [0.3, 0.4) is 0 Å². The van der Waals surface area contributed by atoms with Gasteiger partial charge in [0.2, 0.25) is 0 Å². The molecule has 1 N–H and O–H groups in total. The van der Waals surface area contributed by atoms with Crippen molar-refractivity contribution in [2.45, 2.75) is 20.3 Å². The van der Waals surface area contributed by atoms with Gasteiger partial charge in [-0.15, -0.1) is 0 Å². The van der Waals surface area contributed by atoms with E-state index in [0.29, 0.717) is 0 Å². The van der Waals surface area contributed by atoms with Crippen LogP contribution in [0.4, 0.5) is 5.69 Å². The highest BCUT2D eigenvalue weighted by molar-refractivity contribution is 5.77. The first-order valence-electron chi connectivity index (χ1n) is 6.06. The Morgan fingerprint density at radius 3 is 2.76 bits per heavy atom. The van der Waals surface area contributed by atoms with Crippen molar-refractivity contribution in [2.75, 3.05) is 11.9 Å². The number of anilines is 1. The third-order valence-electron chi connectivity index (χ3n) is 2.68. The molecule has 0 aliphatic carbocycles. The summed E-state index contributed by atoms with van der Waals surface area (Å²) in [6, 6.07) is 10.5. The van der Waals surface area contributed by atoms with Crippen LogP contribution in [-0.4, -0.2) is 11.5 Å². The van der Waals surface area contributed by atoms with Crippen LogP contribution < -0.4 is 5.32 Å². The molecule has 1 aromatic heterocycles. The fourth-order valence-electron chi connectivity index (χ4n) is 1.85. The molecular weight excluding hydrogens is 208 g/mol. The standard InChI is InChI=1S/C15H18N2/c1-3-8-17-15-7-5-4-6-14(15)13-9-12(2)10-16-11-13/h4-7,9-11,17H,3,8H2,1-2H3. The van der Waals surface area contributed by atoms with Crippen LogP contribution in [0.2, 0.25) is 0 Å². The monoisotopic (exact) mass is 226 g/mol. The smallest absolute Gasteiger partial charge is 0.0420 e. The van der Waals surface area contributed by atoms with Gasteiger partial charge >= 0.3 is 0 Å². The maximum Gasteiger partial charge on any atom is 0.0420 e. The third kappa shape index (κ3) is 2.84. The van der Waals surface area contributed by atoms with Crippen molar-refractivity contribution in [2.24, 2.45) is 0 Å². The number of aryl methyl sites for hydroxylation is 1. The second-order valence-corrected chi connectivity index (χ2v) is 4.22. The van der Waals surface area contributed by atoms with Gasteiger partial charge in [0, 0.05) is 35.8 Å². The predicted octanol–water partition coefficient (Wildman–Crippen LogP) is 3.88. The Bertz CT molecular complexity index is 492. The molecular formula is C15H18N2. The Balaban J connectivity index is 2.37. The first kappa shape index (κ1) is 11.6. The predicted molar refractivity (Wildman–Crippen MR) is 73.2 cm³/mol. The Kier molecular flexibility index (Phi) is 3.76. The lowest BCUT2D eigenvalue weighted by Crippen LogP contribution is -2.01. The molecule has 1 aromatic carbocycles. The van der Waals surface area contributed by atoms with Gasteiger partial charge in [0.05, 0.1) is 0 Å². The number of nitrogens with zero attached hydrogens (tertiary/aromatic N) is 1. The van der Waals surface area contributed by atoms with E-state index in [1.165, 1.54) is 22.4 Å². The number of nitrogens with one attached hydrogen (secondary N) is 1. The van der Waals surface area contributed by atoms with Gasteiger partial charge in [0.15, 0.2) is 0 Å². The Hall–Kier alpha value is -1.83. The first-order chi connectivity index (χ1) is 8.31. The van der Waals surface area contributed by atoms with Crippen LogP contribution >= 0.6 is 0 Å². The molecule has 0 atom stereocenters. The van der Waals surface area contributed by atoms with E-state index in [-0.39, 0.29) is 0 Å². The van der Waals surface area contributed by atoms with E-state index in [2.05, 4.69) is 54.5 Å². The second-order valence-electron chi connectivity index (χ2n) is 4.22. The molecule has 0 spiro atoms. The first-order valence-corrected chi connectivity index (χ1v) is 6.06. The molecule has 0 saturated heterocycles. The van der Waals surface area contributed by atoms with Gasteiger partial charge in [-0.25, -0.2) is 0 Å². The van der Waals surface area contributed by atoms with Gasteiger partial charge in [-0.3, -0.25) is 4.98 Å². The van der Waals surface area contributed by atoms with Gasteiger partial charge in [0.25, 0.3) is 0 Å². The lowest BCUT2D eigenvalue weighted by molar-refractivity contribution is 0.980. The number of para-hydroxylation sites is 1. The minimum atomic E-state index is 0.996. The molecule has 17 heavy (non-hydrogen) atoms. The van der Waals surface area contributed by atoms with E-state index >= 15 is 0 Å². The number of rotatable bonds is 4. The van der Waals surface area contributed by atoms with Crippen molar-refractivity contribution in [1.29, 1.82) is 0 Å². The minimum absolute atomic E-state index is 0.996. The second kappa shape index (κ2) is 5.48. The molecule has 2 aromatic rings. The molecule has 1 heterocycles. The summed E-state index contributed by atoms with van der Waals surface area (Å²) >= 11 is 0. The van der Waals surface area contributed by atoms with E-state index < -0.39 is 0 Å². The van der Waals surface area contributed by atoms with Crippen LogP contribution in [0.1, 0.15) is 18.9 Å². The van der Waals surface area contributed by atoms with E-state index in [4.69, 9.17) is 0 Å². The van der Waals surface area contributed by atoms with Crippen LogP contribution in [0.5, 0.6) is 0 Å². The van der Waals surface area contributed by atoms with Crippen molar-refractivity contribution in [3.05, 3.63) is 48.3 Å². The summed E-state index contributed by atoms with van der Waals surface area (Å²) in [5.74, 6) is 0. The Labute approximate surface area is 103 Å². The van der Waals surface area contributed by atoms with Crippen LogP contribution in [0.25, 0.3) is 11.1 Å². The average Bonchev–Trinajstić information content (AvgIpc) is 2.37. The highest BCUT2D eigenvalue weighted by Gasteiger charge is 2.04. The summed E-state index contributed by atoms with van der Waals surface area (Å²) in [6.07, 6.45) is 4.92. The van der Waals surface area contributed by atoms with E-state index in [9.17, 15) is 0 Å². The summed E-state index contributed by atoms with van der Waals surface area (Å²) in [7, 11) is 0. The molecule has 0 unspecified atom stereocenters. The lowest BCUT2D eigenvalue weighted by Gasteiger charge is -2.11. The van der Waals surface area contributed by atoms with Crippen molar-refractivity contribution < 1.29 is 0 Å². The number of aromatic nitrogens is 1. The molecule has 0 aliphatic heterocycles. The molecule has 0 fully saturated rings. The van der Waals surface area contributed by atoms with Crippen LogP contribution in [0.15, 0.2) is 42.7 Å².